The van der Waals surface area contributed by atoms with E-state index in [-0.39, 0.29) is 40.4 Å². The van der Waals surface area contributed by atoms with Crippen LogP contribution in [0.3, 0.4) is 0 Å². The van der Waals surface area contributed by atoms with Gasteiger partial charge in [-0.3, -0.25) is 4.79 Å². The minimum Gasteiger partial charge on any atom is -0.507 e. The summed E-state index contributed by atoms with van der Waals surface area (Å²) in [5, 5.41) is 28.7. The number of phenols is 1. The minimum atomic E-state index is -1.05. The Kier molecular flexibility index (Phi) is 12.3. The highest BCUT2D eigenvalue weighted by molar-refractivity contribution is 5.97. The number of carbonyl (C=O) groups excluding carboxylic acids is 2. The zero-order valence-corrected chi connectivity index (χ0v) is 16.8. The number of ether oxygens (including phenoxy) is 2. The Morgan fingerprint density at radius 1 is 1.20 bits per heavy atom. The van der Waals surface area contributed by atoms with Gasteiger partial charge in [-0.15, -0.1) is 0 Å². The normalized spacial score (nSPS) is 20.3. The van der Waals surface area contributed by atoms with Gasteiger partial charge in [0.05, 0.1) is 6.61 Å². The van der Waals surface area contributed by atoms with E-state index in [4.69, 9.17) is 14.6 Å². The third kappa shape index (κ3) is 8.34. The number of hydrogen-bond acceptors (Lipinski definition) is 7. The molecule has 1 aliphatic rings. The molecule has 1 heterocycles. The summed E-state index contributed by atoms with van der Waals surface area (Å²) in [5.41, 5.74) is 0.430. The Balaban J connectivity index is 0.00000420. The number of allylic oxidation sites excluding steroid dienone is 2. The van der Waals surface area contributed by atoms with Gasteiger partial charge in [0.15, 0.2) is 5.78 Å². The zero-order chi connectivity index (χ0) is 20.5. The molecule has 1 aromatic rings. The van der Waals surface area contributed by atoms with E-state index in [9.17, 15) is 19.8 Å². The smallest absolute Gasteiger partial charge is 0.342 e. The second kappa shape index (κ2) is 13.5. The summed E-state index contributed by atoms with van der Waals surface area (Å²) in [7, 11) is 0. The summed E-state index contributed by atoms with van der Waals surface area (Å²) in [6, 6.07) is 2.82. The van der Waals surface area contributed by atoms with E-state index in [1.54, 1.807) is 25.1 Å². The quantitative estimate of drug-likeness (QED) is 0.594. The van der Waals surface area contributed by atoms with Gasteiger partial charge in [-0.1, -0.05) is 18.2 Å². The van der Waals surface area contributed by atoms with Crippen molar-refractivity contribution in [2.75, 3.05) is 13.2 Å². The molecule has 0 unspecified atom stereocenters. The molecule has 168 valence electrons. The molecule has 2 atom stereocenters. The lowest BCUT2D eigenvalue weighted by Gasteiger charge is -2.16. The SMILES string of the molecule is C[C@H]1C/C=C\C(=O)CCC/C=C/c2cc(OC[C@@H](O)CO)cc(O)c2C(=O)O1.O.O. The molecule has 1 aliphatic heterocycles. The van der Waals surface area contributed by atoms with Crippen molar-refractivity contribution in [3.8, 4) is 11.5 Å². The topological polar surface area (TPSA) is 176 Å². The molecule has 9 nitrogen and oxygen atoms in total. The predicted molar refractivity (Wildman–Crippen MR) is 110 cm³/mol. The van der Waals surface area contributed by atoms with Crippen molar-refractivity contribution in [3.63, 3.8) is 0 Å². The molecule has 1 aromatic carbocycles. The molecular weight excluding hydrogens is 396 g/mol. The summed E-state index contributed by atoms with van der Waals surface area (Å²) in [6.07, 6.45) is 7.26. The fraction of sp³-hybridized carbons (Fsp3) is 0.429. The summed E-state index contributed by atoms with van der Waals surface area (Å²) in [4.78, 5) is 24.3. The first-order valence-corrected chi connectivity index (χ1v) is 9.26. The first-order chi connectivity index (χ1) is 13.4. The molecule has 30 heavy (non-hydrogen) atoms. The molecule has 0 fully saturated rings. The van der Waals surface area contributed by atoms with Crippen molar-refractivity contribution in [1.29, 1.82) is 0 Å². The molecule has 7 N–H and O–H groups in total. The molecule has 0 amide bonds. The van der Waals surface area contributed by atoms with Crippen molar-refractivity contribution in [3.05, 3.63) is 41.5 Å². The van der Waals surface area contributed by atoms with Gasteiger partial charge in [-0.05, 0) is 37.5 Å². The Morgan fingerprint density at radius 3 is 2.63 bits per heavy atom. The Bertz CT molecular complexity index is 755. The molecule has 0 bridgehead atoms. The average Bonchev–Trinajstić information content (AvgIpc) is 2.64. The molecular formula is C21H30O9. The number of cyclic esters (lactones) is 1. The lowest BCUT2D eigenvalue weighted by atomic mass is 10.0. The van der Waals surface area contributed by atoms with Gasteiger partial charge in [0.1, 0.15) is 35.9 Å². The monoisotopic (exact) mass is 426 g/mol. The Labute approximate surface area is 174 Å². The highest BCUT2D eigenvalue weighted by atomic mass is 16.5. The fourth-order valence-electron chi connectivity index (χ4n) is 2.67. The van der Waals surface area contributed by atoms with E-state index in [0.29, 0.717) is 31.2 Å². The van der Waals surface area contributed by atoms with Crippen LogP contribution >= 0.6 is 0 Å². The molecule has 9 heteroatoms. The number of rotatable bonds is 4. The van der Waals surface area contributed by atoms with Gasteiger partial charge in [0.2, 0.25) is 0 Å². The highest BCUT2D eigenvalue weighted by Crippen LogP contribution is 2.30. The minimum absolute atomic E-state index is 0. The lowest BCUT2D eigenvalue weighted by molar-refractivity contribution is -0.114. The summed E-state index contributed by atoms with van der Waals surface area (Å²) in [6.45, 7) is 1.10. The van der Waals surface area contributed by atoms with Gasteiger partial charge in [0, 0.05) is 18.9 Å². The van der Waals surface area contributed by atoms with Crippen molar-refractivity contribution in [2.45, 2.75) is 44.8 Å². The van der Waals surface area contributed by atoms with Gasteiger partial charge in [-0.25, -0.2) is 4.79 Å². The van der Waals surface area contributed by atoms with Gasteiger partial charge >= 0.3 is 5.97 Å². The second-order valence-electron chi connectivity index (χ2n) is 6.67. The van der Waals surface area contributed by atoms with Crippen molar-refractivity contribution < 1.29 is 45.3 Å². The van der Waals surface area contributed by atoms with Crippen molar-refractivity contribution in [1.82, 2.24) is 0 Å². The van der Waals surface area contributed by atoms with Crippen LogP contribution in [0.15, 0.2) is 30.4 Å². The number of ketones is 1. The van der Waals surface area contributed by atoms with E-state index < -0.39 is 24.8 Å². The maximum absolute atomic E-state index is 12.6. The number of fused-ring (bicyclic) bond motifs is 1. The number of benzene rings is 1. The zero-order valence-electron chi connectivity index (χ0n) is 16.8. The number of esters is 1. The van der Waals surface area contributed by atoms with E-state index in [1.165, 1.54) is 12.1 Å². The van der Waals surface area contributed by atoms with Crippen LogP contribution in [0.2, 0.25) is 0 Å². The van der Waals surface area contributed by atoms with Gasteiger partial charge in [0.25, 0.3) is 0 Å². The van der Waals surface area contributed by atoms with Crippen LogP contribution in [0, 0.1) is 0 Å². The number of carbonyl (C=O) groups is 2. The molecule has 0 saturated heterocycles. The van der Waals surface area contributed by atoms with Gasteiger partial charge < -0.3 is 35.7 Å². The standard InChI is InChI=1S/C21H26O7.2H2O/c1-14-6-5-9-16(23)8-4-2-3-7-15-10-18(27-13-17(24)12-22)11-19(25)20(15)21(26)28-14;;/h3,5,7,9-11,14,17,22,24-25H,2,4,6,8,12-13H2,1H3;2*1H2/b7-3+,9-5-;;/t14-,17-;;/m0../s1. The Morgan fingerprint density at radius 2 is 1.93 bits per heavy atom. The molecule has 0 aromatic heterocycles. The number of aliphatic hydroxyl groups excluding tert-OH is 2. The molecule has 0 saturated carbocycles. The highest BCUT2D eigenvalue weighted by Gasteiger charge is 2.21. The third-order valence-corrected chi connectivity index (χ3v) is 4.15. The molecule has 2 rings (SSSR count). The van der Waals surface area contributed by atoms with Gasteiger partial charge in [-0.2, -0.15) is 0 Å². The number of hydrogen-bond donors (Lipinski definition) is 3. The second-order valence-corrected chi connectivity index (χ2v) is 6.67. The fourth-order valence-corrected chi connectivity index (χ4v) is 2.67. The third-order valence-electron chi connectivity index (χ3n) is 4.15. The first-order valence-electron chi connectivity index (χ1n) is 9.26. The summed E-state index contributed by atoms with van der Waals surface area (Å²) >= 11 is 0. The lowest BCUT2D eigenvalue weighted by Crippen LogP contribution is -2.21. The maximum Gasteiger partial charge on any atom is 0.342 e. The van der Waals surface area contributed by atoms with Crippen LogP contribution in [-0.4, -0.2) is 63.4 Å². The van der Waals surface area contributed by atoms with Crippen molar-refractivity contribution >= 4 is 17.8 Å². The number of phenolic OH excluding ortho intramolecular Hbond substituents is 1. The van der Waals surface area contributed by atoms with Crippen LogP contribution in [0.1, 0.15) is 48.5 Å². The van der Waals surface area contributed by atoms with Crippen LogP contribution in [-0.2, 0) is 9.53 Å². The molecule has 0 spiro atoms. The van der Waals surface area contributed by atoms with E-state index >= 15 is 0 Å². The average molecular weight is 426 g/mol. The van der Waals surface area contributed by atoms with Crippen LogP contribution in [0.4, 0.5) is 0 Å². The van der Waals surface area contributed by atoms with E-state index in [0.717, 1.165) is 0 Å². The number of aliphatic hydroxyl groups is 2. The molecule has 0 radical (unpaired) electrons. The first kappa shape index (κ1) is 27.3. The predicted octanol–water partition coefficient (Wildman–Crippen LogP) is 0.733. The van der Waals surface area contributed by atoms with E-state index in [2.05, 4.69) is 0 Å². The van der Waals surface area contributed by atoms with Crippen molar-refractivity contribution in [2.24, 2.45) is 0 Å². The summed E-state index contributed by atoms with van der Waals surface area (Å²) in [5.74, 6) is -0.706. The van der Waals surface area contributed by atoms with Crippen LogP contribution < -0.4 is 4.74 Å². The van der Waals surface area contributed by atoms with Crippen LogP contribution in [0.5, 0.6) is 11.5 Å². The molecule has 0 aliphatic carbocycles. The van der Waals surface area contributed by atoms with Crippen LogP contribution in [0.25, 0.3) is 6.08 Å². The largest absolute Gasteiger partial charge is 0.507 e. The Hall–Kier alpha value is -2.72. The number of aromatic hydroxyl groups is 1. The summed E-state index contributed by atoms with van der Waals surface area (Å²) < 4.78 is 10.8. The maximum atomic E-state index is 12.6. The van der Waals surface area contributed by atoms with E-state index in [1.807, 2.05) is 6.08 Å².